The number of aromatic nitrogens is 2. The highest BCUT2D eigenvalue weighted by Gasteiger charge is 2.35. The van der Waals surface area contributed by atoms with Crippen molar-refractivity contribution in [3.8, 4) is 17.2 Å². The van der Waals surface area contributed by atoms with Gasteiger partial charge in [0, 0.05) is 42.5 Å². The standard InChI is InChI=1S/C26H27N5O5/c1-15-13-16(29-11-4-5-22(29)32)6-8-19(15)30-12-10-18-23(25(27)33)28-31(24(18)26(30)34)17-7-9-20(35-2)21(14-17)36-3/h6-9,13-14H,4-5,10-12H2,1-3H3,(H2,27,33). The first-order valence-corrected chi connectivity index (χ1v) is 11.7. The zero-order valence-corrected chi connectivity index (χ0v) is 20.4. The summed E-state index contributed by atoms with van der Waals surface area (Å²) in [6, 6.07) is 10.8. The minimum absolute atomic E-state index is 0.0763. The molecule has 10 nitrogen and oxygen atoms in total. The van der Waals surface area contributed by atoms with E-state index < -0.39 is 5.91 Å². The Kier molecular flexibility index (Phi) is 5.87. The van der Waals surface area contributed by atoms with Gasteiger partial charge in [0.25, 0.3) is 11.8 Å². The fourth-order valence-electron chi connectivity index (χ4n) is 4.96. The molecule has 0 radical (unpaired) electrons. The van der Waals surface area contributed by atoms with E-state index in [-0.39, 0.29) is 23.2 Å². The van der Waals surface area contributed by atoms with Crippen LogP contribution in [0.2, 0.25) is 0 Å². The summed E-state index contributed by atoms with van der Waals surface area (Å²) in [5.41, 5.74) is 9.47. The second-order valence-electron chi connectivity index (χ2n) is 8.82. The third-order valence-corrected chi connectivity index (χ3v) is 6.72. The predicted molar refractivity (Wildman–Crippen MR) is 133 cm³/mol. The molecule has 2 N–H and O–H groups in total. The van der Waals surface area contributed by atoms with Crippen molar-refractivity contribution in [1.29, 1.82) is 0 Å². The average molecular weight is 490 g/mol. The molecule has 2 aliphatic heterocycles. The monoisotopic (exact) mass is 489 g/mol. The van der Waals surface area contributed by atoms with E-state index in [4.69, 9.17) is 15.2 Å². The highest BCUT2D eigenvalue weighted by molar-refractivity contribution is 6.10. The highest BCUT2D eigenvalue weighted by atomic mass is 16.5. The summed E-state index contributed by atoms with van der Waals surface area (Å²) in [6.07, 6.45) is 1.81. The van der Waals surface area contributed by atoms with Crippen molar-refractivity contribution < 1.29 is 23.9 Å². The summed E-state index contributed by atoms with van der Waals surface area (Å²) in [6.45, 7) is 2.99. The van der Waals surface area contributed by atoms with E-state index in [2.05, 4.69) is 5.10 Å². The maximum atomic E-state index is 13.9. The van der Waals surface area contributed by atoms with Gasteiger partial charge in [-0.3, -0.25) is 14.4 Å². The molecule has 0 saturated carbocycles. The van der Waals surface area contributed by atoms with E-state index in [1.807, 2.05) is 25.1 Å². The van der Waals surface area contributed by atoms with Crippen molar-refractivity contribution in [2.45, 2.75) is 26.2 Å². The molecular weight excluding hydrogens is 462 g/mol. The fraction of sp³-hybridized carbons (Fsp3) is 0.308. The number of benzene rings is 2. The van der Waals surface area contributed by atoms with Gasteiger partial charge < -0.3 is 25.0 Å². The van der Waals surface area contributed by atoms with Crippen LogP contribution in [0, 0.1) is 6.92 Å². The summed E-state index contributed by atoms with van der Waals surface area (Å²) < 4.78 is 12.2. The molecule has 1 fully saturated rings. The van der Waals surface area contributed by atoms with Gasteiger partial charge in [-0.1, -0.05) is 0 Å². The van der Waals surface area contributed by atoms with Crippen molar-refractivity contribution in [3.63, 3.8) is 0 Å². The summed E-state index contributed by atoms with van der Waals surface area (Å²) >= 11 is 0. The van der Waals surface area contributed by atoms with Gasteiger partial charge in [0.15, 0.2) is 17.2 Å². The second kappa shape index (κ2) is 9.03. The lowest BCUT2D eigenvalue weighted by atomic mass is 10.0. The number of hydrogen-bond donors (Lipinski definition) is 1. The molecule has 1 saturated heterocycles. The van der Waals surface area contributed by atoms with E-state index >= 15 is 0 Å². The van der Waals surface area contributed by atoms with E-state index in [1.165, 1.54) is 18.9 Å². The van der Waals surface area contributed by atoms with Crippen LogP contribution in [-0.2, 0) is 11.2 Å². The van der Waals surface area contributed by atoms with Gasteiger partial charge in [0.2, 0.25) is 5.91 Å². The number of aryl methyl sites for hydroxylation is 1. The molecule has 1 aromatic heterocycles. The highest BCUT2D eigenvalue weighted by Crippen LogP contribution is 2.35. The van der Waals surface area contributed by atoms with Crippen LogP contribution in [0.4, 0.5) is 11.4 Å². The van der Waals surface area contributed by atoms with E-state index in [0.29, 0.717) is 48.7 Å². The van der Waals surface area contributed by atoms with E-state index in [9.17, 15) is 14.4 Å². The molecule has 3 aromatic rings. The fourth-order valence-corrected chi connectivity index (χ4v) is 4.96. The quantitative estimate of drug-likeness (QED) is 0.568. The Morgan fingerprint density at radius 2 is 1.69 bits per heavy atom. The van der Waals surface area contributed by atoms with Gasteiger partial charge >= 0.3 is 0 Å². The third kappa shape index (κ3) is 3.74. The number of anilines is 2. The van der Waals surface area contributed by atoms with Gasteiger partial charge in [-0.25, -0.2) is 4.68 Å². The van der Waals surface area contributed by atoms with Crippen LogP contribution in [-0.4, -0.2) is 54.8 Å². The maximum Gasteiger partial charge on any atom is 0.277 e. The number of methoxy groups -OCH3 is 2. The maximum absolute atomic E-state index is 13.9. The normalized spacial score (nSPS) is 15.3. The first-order chi connectivity index (χ1) is 17.3. The molecule has 0 bridgehead atoms. The van der Waals surface area contributed by atoms with Crippen LogP contribution < -0.4 is 25.0 Å². The zero-order valence-electron chi connectivity index (χ0n) is 20.4. The number of rotatable bonds is 6. The molecule has 3 heterocycles. The lowest BCUT2D eigenvalue weighted by Gasteiger charge is -2.29. The molecule has 0 unspecified atom stereocenters. The van der Waals surface area contributed by atoms with Crippen molar-refractivity contribution in [2.75, 3.05) is 37.1 Å². The molecule has 2 aliphatic rings. The summed E-state index contributed by atoms with van der Waals surface area (Å²) in [4.78, 5) is 41.7. The van der Waals surface area contributed by atoms with Crippen LogP contribution >= 0.6 is 0 Å². The first-order valence-electron chi connectivity index (χ1n) is 11.7. The Morgan fingerprint density at radius 3 is 2.33 bits per heavy atom. The lowest BCUT2D eigenvalue weighted by molar-refractivity contribution is -0.117. The number of nitrogens with zero attached hydrogens (tertiary/aromatic N) is 4. The summed E-state index contributed by atoms with van der Waals surface area (Å²) in [5.74, 6) is 0.112. The average Bonchev–Trinajstić information content (AvgIpc) is 3.48. The number of nitrogens with two attached hydrogens (primary N) is 1. The van der Waals surface area contributed by atoms with Crippen LogP contribution in [0.15, 0.2) is 36.4 Å². The SMILES string of the molecule is COc1ccc(-n2nc(C(N)=O)c3c2C(=O)N(c2ccc(N4CCCC4=O)cc2C)CC3)cc1OC. The largest absolute Gasteiger partial charge is 0.493 e. The van der Waals surface area contributed by atoms with Gasteiger partial charge in [-0.15, -0.1) is 0 Å². The first kappa shape index (κ1) is 23.4. The molecule has 186 valence electrons. The molecule has 0 spiro atoms. The molecule has 10 heteroatoms. The van der Waals surface area contributed by atoms with Crippen LogP contribution in [0.1, 0.15) is 44.9 Å². The van der Waals surface area contributed by atoms with E-state index in [1.54, 1.807) is 28.0 Å². The molecular formula is C26H27N5O5. The number of carbonyl (C=O) groups excluding carboxylic acids is 3. The topological polar surface area (TPSA) is 120 Å². The van der Waals surface area contributed by atoms with Gasteiger partial charge in [0.05, 0.1) is 19.9 Å². The number of primary amides is 1. The van der Waals surface area contributed by atoms with E-state index in [0.717, 1.165) is 23.4 Å². The number of ether oxygens (including phenoxy) is 2. The Labute approximate surface area is 208 Å². The van der Waals surface area contributed by atoms with Gasteiger partial charge in [-0.05, 0) is 55.7 Å². The van der Waals surface area contributed by atoms with Crippen molar-refractivity contribution in [3.05, 3.63) is 58.9 Å². The van der Waals surface area contributed by atoms with Gasteiger partial charge in [0.1, 0.15) is 5.69 Å². The zero-order chi connectivity index (χ0) is 25.6. The molecule has 2 aromatic carbocycles. The summed E-state index contributed by atoms with van der Waals surface area (Å²) in [5, 5.41) is 4.42. The Morgan fingerprint density at radius 1 is 0.944 bits per heavy atom. The van der Waals surface area contributed by atoms with Gasteiger partial charge in [-0.2, -0.15) is 5.10 Å². The minimum Gasteiger partial charge on any atom is -0.493 e. The third-order valence-electron chi connectivity index (χ3n) is 6.72. The number of carbonyl (C=O) groups is 3. The number of amides is 3. The minimum atomic E-state index is -0.692. The molecule has 36 heavy (non-hydrogen) atoms. The number of fused-ring (bicyclic) bond motifs is 1. The van der Waals surface area contributed by atoms with Crippen molar-refractivity contribution in [2.24, 2.45) is 5.73 Å². The Balaban J connectivity index is 1.56. The second-order valence-corrected chi connectivity index (χ2v) is 8.82. The smallest absolute Gasteiger partial charge is 0.277 e. The molecule has 0 aliphatic carbocycles. The molecule has 0 atom stereocenters. The predicted octanol–water partition coefficient (Wildman–Crippen LogP) is 2.63. The van der Waals surface area contributed by atoms with Crippen LogP contribution in [0.3, 0.4) is 0 Å². The van der Waals surface area contributed by atoms with Crippen molar-refractivity contribution >= 4 is 29.1 Å². The lowest BCUT2D eigenvalue weighted by Crippen LogP contribution is -2.39. The van der Waals surface area contributed by atoms with Crippen molar-refractivity contribution in [1.82, 2.24) is 9.78 Å². The number of hydrogen-bond acceptors (Lipinski definition) is 6. The van der Waals surface area contributed by atoms with Crippen LogP contribution in [0.5, 0.6) is 11.5 Å². The van der Waals surface area contributed by atoms with Crippen LogP contribution in [0.25, 0.3) is 5.69 Å². The Bertz CT molecular complexity index is 1400. The molecule has 3 amide bonds. The summed E-state index contributed by atoms with van der Waals surface area (Å²) in [7, 11) is 3.05. The molecule has 5 rings (SSSR count). The Hall–Kier alpha value is -4.34.